The lowest BCUT2D eigenvalue weighted by Crippen LogP contribution is -2.42. The van der Waals surface area contributed by atoms with Crippen molar-refractivity contribution in [1.29, 1.82) is 0 Å². The number of esters is 1. The SMILES string of the molecule is CC(C)(C)[Si](C)(C)OC[C@@H]1C=C(CCCC=O)C(=O)O1. The molecule has 0 bridgehead atoms. The molecule has 1 heterocycles. The molecule has 20 heavy (non-hydrogen) atoms. The summed E-state index contributed by atoms with van der Waals surface area (Å²) in [6, 6.07) is 0. The lowest BCUT2D eigenvalue weighted by Gasteiger charge is -2.36. The first-order valence-corrected chi connectivity index (χ1v) is 10.1. The van der Waals surface area contributed by atoms with E-state index in [0.717, 1.165) is 6.29 Å². The molecule has 1 rings (SSSR count). The molecule has 0 N–H and O–H groups in total. The van der Waals surface area contributed by atoms with Crippen LogP contribution >= 0.6 is 0 Å². The van der Waals surface area contributed by atoms with Crippen LogP contribution in [-0.2, 0) is 18.8 Å². The number of carbonyl (C=O) groups is 2. The Balaban J connectivity index is 2.50. The normalized spacial score (nSPS) is 19.8. The van der Waals surface area contributed by atoms with Gasteiger partial charge in [-0.3, -0.25) is 0 Å². The molecule has 5 heteroatoms. The minimum absolute atomic E-state index is 0.145. The lowest BCUT2D eigenvalue weighted by molar-refractivity contribution is -0.140. The lowest BCUT2D eigenvalue weighted by atomic mass is 10.1. The number of rotatable bonds is 7. The Morgan fingerprint density at radius 1 is 1.40 bits per heavy atom. The number of hydrogen-bond acceptors (Lipinski definition) is 4. The van der Waals surface area contributed by atoms with Crippen LogP contribution in [0.4, 0.5) is 0 Å². The van der Waals surface area contributed by atoms with E-state index in [2.05, 4.69) is 33.9 Å². The Morgan fingerprint density at radius 2 is 2.05 bits per heavy atom. The maximum atomic E-state index is 11.7. The van der Waals surface area contributed by atoms with E-state index in [-0.39, 0.29) is 17.1 Å². The van der Waals surface area contributed by atoms with E-state index in [1.165, 1.54) is 0 Å². The number of aldehydes is 1. The summed E-state index contributed by atoms with van der Waals surface area (Å²) in [6.07, 6.45) is 4.23. The molecule has 0 unspecified atom stereocenters. The fourth-order valence-corrected chi connectivity index (χ4v) is 2.70. The Labute approximate surface area is 122 Å². The van der Waals surface area contributed by atoms with Crippen LogP contribution in [0, 0.1) is 0 Å². The van der Waals surface area contributed by atoms with E-state index in [0.29, 0.717) is 31.4 Å². The van der Waals surface area contributed by atoms with E-state index < -0.39 is 8.32 Å². The van der Waals surface area contributed by atoms with Gasteiger partial charge in [0.2, 0.25) is 0 Å². The van der Waals surface area contributed by atoms with E-state index >= 15 is 0 Å². The highest BCUT2D eigenvalue weighted by atomic mass is 28.4. The van der Waals surface area contributed by atoms with E-state index in [1.54, 1.807) is 0 Å². The van der Waals surface area contributed by atoms with Gasteiger partial charge in [-0.15, -0.1) is 0 Å². The average molecular weight is 298 g/mol. The van der Waals surface area contributed by atoms with Gasteiger partial charge in [0.15, 0.2) is 8.32 Å². The first-order valence-electron chi connectivity index (χ1n) is 7.16. The van der Waals surface area contributed by atoms with Crippen molar-refractivity contribution in [3.63, 3.8) is 0 Å². The van der Waals surface area contributed by atoms with Gasteiger partial charge in [-0.05, 0) is 37.0 Å². The van der Waals surface area contributed by atoms with Crippen molar-refractivity contribution in [3.05, 3.63) is 11.6 Å². The summed E-state index contributed by atoms with van der Waals surface area (Å²) in [5.41, 5.74) is 0.677. The number of unbranched alkanes of at least 4 members (excludes halogenated alkanes) is 1. The monoisotopic (exact) mass is 298 g/mol. The Hall–Kier alpha value is -0.943. The maximum absolute atomic E-state index is 11.7. The van der Waals surface area contributed by atoms with Crippen molar-refractivity contribution >= 4 is 20.6 Å². The predicted octanol–water partition coefficient (Wildman–Crippen LogP) is 3.23. The van der Waals surface area contributed by atoms with E-state index in [1.807, 2.05) is 6.08 Å². The summed E-state index contributed by atoms with van der Waals surface area (Å²) in [5, 5.41) is 0.145. The van der Waals surface area contributed by atoms with Gasteiger partial charge < -0.3 is 14.0 Å². The first-order chi connectivity index (χ1) is 9.17. The van der Waals surface area contributed by atoms with Gasteiger partial charge in [-0.1, -0.05) is 20.8 Å². The van der Waals surface area contributed by atoms with Gasteiger partial charge in [0, 0.05) is 12.0 Å². The van der Waals surface area contributed by atoms with Crippen molar-refractivity contribution in [2.45, 2.75) is 64.3 Å². The zero-order valence-electron chi connectivity index (χ0n) is 13.2. The number of carbonyl (C=O) groups excluding carboxylic acids is 2. The molecule has 0 radical (unpaired) electrons. The van der Waals surface area contributed by atoms with Gasteiger partial charge in [0.05, 0.1) is 6.61 Å². The second-order valence-corrected chi connectivity index (χ2v) is 11.6. The Morgan fingerprint density at radius 3 is 2.60 bits per heavy atom. The van der Waals surface area contributed by atoms with Gasteiger partial charge in [0.1, 0.15) is 12.4 Å². The zero-order chi connectivity index (χ0) is 15.4. The van der Waals surface area contributed by atoms with Crippen molar-refractivity contribution in [1.82, 2.24) is 0 Å². The predicted molar refractivity (Wildman–Crippen MR) is 81.0 cm³/mol. The molecule has 0 aromatic heterocycles. The Bertz CT molecular complexity index is 393. The topological polar surface area (TPSA) is 52.6 Å². The molecule has 0 aliphatic carbocycles. The molecule has 1 aliphatic heterocycles. The molecule has 0 fully saturated rings. The summed E-state index contributed by atoms with van der Waals surface area (Å²) < 4.78 is 11.4. The molecule has 4 nitrogen and oxygen atoms in total. The standard InChI is InChI=1S/C15H26O4Si/c1-15(2,3)20(4,5)18-11-13-10-12(14(17)19-13)8-6-7-9-16/h9-10,13H,6-8,11H2,1-5H3/t13-/m0/s1. The number of ether oxygens (including phenoxy) is 1. The van der Waals surface area contributed by atoms with Crippen LogP contribution in [0.1, 0.15) is 40.0 Å². The minimum atomic E-state index is -1.81. The fraction of sp³-hybridized carbons (Fsp3) is 0.733. The summed E-state index contributed by atoms with van der Waals surface area (Å²) in [6.45, 7) is 11.3. The summed E-state index contributed by atoms with van der Waals surface area (Å²) in [7, 11) is -1.81. The molecule has 1 aliphatic rings. The van der Waals surface area contributed by atoms with Crippen LogP contribution in [-0.4, -0.2) is 33.3 Å². The molecule has 1 atom stereocenters. The maximum Gasteiger partial charge on any atom is 0.334 e. The zero-order valence-corrected chi connectivity index (χ0v) is 14.2. The van der Waals surface area contributed by atoms with Crippen LogP contribution in [0.15, 0.2) is 11.6 Å². The molecular weight excluding hydrogens is 272 g/mol. The third kappa shape index (κ3) is 4.56. The quantitative estimate of drug-likeness (QED) is 0.313. The van der Waals surface area contributed by atoms with Gasteiger partial charge in [-0.25, -0.2) is 4.79 Å². The highest BCUT2D eigenvalue weighted by Crippen LogP contribution is 2.36. The van der Waals surface area contributed by atoms with E-state index in [9.17, 15) is 9.59 Å². The first kappa shape index (κ1) is 17.1. The summed E-state index contributed by atoms with van der Waals surface area (Å²) in [4.78, 5) is 22.0. The van der Waals surface area contributed by atoms with Crippen LogP contribution < -0.4 is 0 Å². The second-order valence-electron chi connectivity index (χ2n) is 6.77. The van der Waals surface area contributed by atoms with Crippen LogP contribution in [0.2, 0.25) is 18.1 Å². The summed E-state index contributed by atoms with van der Waals surface area (Å²) in [5.74, 6) is -0.264. The number of cyclic esters (lactones) is 1. The molecular formula is C15H26O4Si. The summed E-state index contributed by atoms with van der Waals surface area (Å²) >= 11 is 0. The van der Waals surface area contributed by atoms with Gasteiger partial charge >= 0.3 is 5.97 Å². The highest BCUT2D eigenvalue weighted by Gasteiger charge is 2.38. The van der Waals surface area contributed by atoms with Gasteiger partial charge in [0.25, 0.3) is 0 Å². The smallest absolute Gasteiger partial charge is 0.334 e. The third-order valence-electron chi connectivity index (χ3n) is 4.09. The van der Waals surface area contributed by atoms with Crippen LogP contribution in [0.5, 0.6) is 0 Å². The second kappa shape index (κ2) is 6.67. The number of hydrogen-bond donors (Lipinski definition) is 0. The third-order valence-corrected chi connectivity index (χ3v) is 8.59. The molecule has 0 amide bonds. The molecule has 0 aromatic carbocycles. The molecule has 0 aromatic rings. The van der Waals surface area contributed by atoms with Gasteiger partial charge in [-0.2, -0.15) is 0 Å². The largest absolute Gasteiger partial charge is 0.452 e. The average Bonchev–Trinajstić information content (AvgIpc) is 2.67. The van der Waals surface area contributed by atoms with Crippen molar-refractivity contribution in [3.8, 4) is 0 Å². The van der Waals surface area contributed by atoms with Crippen molar-refractivity contribution in [2.75, 3.05) is 6.61 Å². The van der Waals surface area contributed by atoms with E-state index in [4.69, 9.17) is 9.16 Å². The van der Waals surface area contributed by atoms with Crippen molar-refractivity contribution < 1.29 is 18.8 Å². The molecule has 114 valence electrons. The Kier molecular flexibility index (Phi) is 5.71. The van der Waals surface area contributed by atoms with Crippen LogP contribution in [0.3, 0.4) is 0 Å². The minimum Gasteiger partial charge on any atom is -0.452 e. The fourth-order valence-electron chi connectivity index (χ4n) is 1.69. The van der Waals surface area contributed by atoms with Crippen molar-refractivity contribution in [2.24, 2.45) is 0 Å². The molecule has 0 saturated carbocycles. The van der Waals surface area contributed by atoms with Crippen LogP contribution in [0.25, 0.3) is 0 Å². The molecule has 0 saturated heterocycles. The highest BCUT2D eigenvalue weighted by molar-refractivity contribution is 6.74. The molecule has 0 spiro atoms.